The molecule has 0 saturated carbocycles. The molecule has 3 nitrogen and oxygen atoms in total. The van der Waals surface area contributed by atoms with Crippen LogP contribution >= 0.6 is 0 Å². The maximum atomic E-state index is 12.1. The van der Waals surface area contributed by atoms with Crippen molar-refractivity contribution in [3.63, 3.8) is 0 Å². The van der Waals surface area contributed by atoms with E-state index in [1.165, 1.54) is 0 Å². The van der Waals surface area contributed by atoms with Crippen molar-refractivity contribution in [1.82, 2.24) is 0 Å². The average molecular weight is 275 g/mol. The van der Waals surface area contributed by atoms with E-state index in [0.717, 1.165) is 0 Å². The molecule has 1 atom stereocenters. The van der Waals surface area contributed by atoms with Gasteiger partial charge in [-0.1, -0.05) is 12.1 Å². The number of para-hydroxylation sites is 1. The van der Waals surface area contributed by atoms with Crippen molar-refractivity contribution in [3.8, 4) is 11.5 Å². The van der Waals surface area contributed by atoms with E-state index in [2.05, 4.69) is 0 Å². The minimum atomic E-state index is -4.13. The fourth-order valence-electron chi connectivity index (χ4n) is 2.07. The highest BCUT2D eigenvalue weighted by Crippen LogP contribution is 2.37. The van der Waals surface area contributed by atoms with Crippen LogP contribution in [0.3, 0.4) is 0 Å². The second kappa shape index (κ2) is 5.69. The molecule has 2 rings (SSSR count). The molecular formula is C13H16F3NO2. The minimum Gasteiger partial charge on any atom is -0.486 e. The fraction of sp³-hybridized carbons (Fsp3) is 0.538. The van der Waals surface area contributed by atoms with E-state index in [1.807, 2.05) is 0 Å². The van der Waals surface area contributed by atoms with Crippen molar-refractivity contribution < 1.29 is 22.6 Å². The first-order chi connectivity index (χ1) is 8.97. The summed E-state index contributed by atoms with van der Waals surface area (Å²) in [6, 6.07) is 4.83. The van der Waals surface area contributed by atoms with E-state index in [0.29, 0.717) is 30.3 Å². The van der Waals surface area contributed by atoms with Gasteiger partial charge < -0.3 is 15.2 Å². The normalized spacial score (nSPS) is 16.2. The summed E-state index contributed by atoms with van der Waals surface area (Å²) < 4.78 is 47.2. The first kappa shape index (κ1) is 14.0. The van der Waals surface area contributed by atoms with E-state index < -0.39 is 18.6 Å². The summed E-state index contributed by atoms with van der Waals surface area (Å²) in [5.74, 6) is 1.17. The van der Waals surface area contributed by atoms with Crippen LogP contribution in [0.5, 0.6) is 11.5 Å². The quantitative estimate of drug-likeness (QED) is 0.917. The first-order valence-electron chi connectivity index (χ1n) is 6.18. The summed E-state index contributed by atoms with van der Waals surface area (Å²) >= 11 is 0. The van der Waals surface area contributed by atoms with Gasteiger partial charge in [0, 0.05) is 18.0 Å². The van der Waals surface area contributed by atoms with Crippen LogP contribution in [0.2, 0.25) is 0 Å². The number of nitrogens with two attached hydrogens (primary N) is 1. The topological polar surface area (TPSA) is 44.5 Å². The zero-order valence-electron chi connectivity index (χ0n) is 10.4. The molecule has 1 aromatic carbocycles. The summed E-state index contributed by atoms with van der Waals surface area (Å²) in [5, 5.41) is 0. The van der Waals surface area contributed by atoms with Crippen molar-refractivity contribution in [3.05, 3.63) is 23.8 Å². The lowest BCUT2D eigenvalue weighted by Crippen LogP contribution is -2.20. The van der Waals surface area contributed by atoms with Crippen LogP contribution < -0.4 is 15.2 Å². The molecule has 0 saturated heterocycles. The Morgan fingerprint density at radius 2 is 1.95 bits per heavy atom. The van der Waals surface area contributed by atoms with Crippen molar-refractivity contribution >= 4 is 0 Å². The number of benzene rings is 1. The van der Waals surface area contributed by atoms with E-state index in [4.69, 9.17) is 15.2 Å². The van der Waals surface area contributed by atoms with Crippen LogP contribution in [-0.4, -0.2) is 19.4 Å². The standard InChI is InChI=1S/C13H16F3NO2/c14-13(15,16)6-2-4-10(17)9-3-1-5-11-12(9)19-8-7-18-11/h1,3,5,10H,2,4,6-8,17H2. The number of hydrogen-bond donors (Lipinski definition) is 1. The van der Waals surface area contributed by atoms with Crippen LogP contribution in [0.1, 0.15) is 30.9 Å². The molecule has 1 aliphatic heterocycles. The summed E-state index contributed by atoms with van der Waals surface area (Å²) in [7, 11) is 0. The lowest BCUT2D eigenvalue weighted by atomic mass is 10.00. The summed E-state index contributed by atoms with van der Waals surface area (Å²) in [6.07, 6.45) is -4.67. The Hall–Kier alpha value is -1.43. The molecule has 0 radical (unpaired) electrons. The van der Waals surface area contributed by atoms with Gasteiger partial charge in [-0.25, -0.2) is 0 Å². The SMILES string of the molecule is NC(CCCC(F)(F)F)c1cccc2c1OCCO2. The summed E-state index contributed by atoms with van der Waals surface area (Å²) in [5.41, 5.74) is 6.65. The molecule has 0 amide bonds. The molecule has 1 aromatic rings. The van der Waals surface area contributed by atoms with Crippen LogP contribution in [0.25, 0.3) is 0 Å². The maximum absolute atomic E-state index is 12.1. The Balaban J connectivity index is 2.01. The number of halogens is 3. The van der Waals surface area contributed by atoms with Crippen molar-refractivity contribution in [2.24, 2.45) is 5.73 Å². The second-order valence-electron chi connectivity index (χ2n) is 4.49. The van der Waals surface area contributed by atoms with Crippen LogP contribution in [0, 0.1) is 0 Å². The Morgan fingerprint density at radius 3 is 2.68 bits per heavy atom. The number of alkyl halides is 3. The molecule has 1 aliphatic rings. The van der Waals surface area contributed by atoms with Gasteiger partial charge in [-0.3, -0.25) is 0 Å². The molecule has 19 heavy (non-hydrogen) atoms. The van der Waals surface area contributed by atoms with Gasteiger partial charge in [-0.05, 0) is 18.9 Å². The summed E-state index contributed by atoms with van der Waals surface area (Å²) in [4.78, 5) is 0. The van der Waals surface area contributed by atoms with Gasteiger partial charge in [-0.15, -0.1) is 0 Å². The smallest absolute Gasteiger partial charge is 0.389 e. The molecular weight excluding hydrogens is 259 g/mol. The average Bonchev–Trinajstić information content (AvgIpc) is 2.36. The molecule has 0 bridgehead atoms. The molecule has 0 aliphatic carbocycles. The fourth-order valence-corrected chi connectivity index (χ4v) is 2.07. The monoisotopic (exact) mass is 275 g/mol. The Labute approximate surface area is 109 Å². The predicted octanol–water partition coefficient (Wildman–Crippen LogP) is 3.19. The van der Waals surface area contributed by atoms with Gasteiger partial charge in [0.1, 0.15) is 13.2 Å². The second-order valence-corrected chi connectivity index (χ2v) is 4.49. The van der Waals surface area contributed by atoms with E-state index in [1.54, 1.807) is 18.2 Å². The maximum Gasteiger partial charge on any atom is 0.389 e. The van der Waals surface area contributed by atoms with Gasteiger partial charge >= 0.3 is 6.18 Å². The van der Waals surface area contributed by atoms with Crippen LogP contribution in [-0.2, 0) is 0 Å². The Bertz CT molecular complexity index is 434. The predicted molar refractivity (Wildman–Crippen MR) is 64.3 cm³/mol. The van der Waals surface area contributed by atoms with Gasteiger partial charge in [0.05, 0.1) is 0 Å². The van der Waals surface area contributed by atoms with Gasteiger partial charge in [0.25, 0.3) is 0 Å². The number of hydrogen-bond acceptors (Lipinski definition) is 3. The highest BCUT2D eigenvalue weighted by atomic mass is 19.4. The van der Waals surface area contributed by atoms with E-state index in [-0.39, 0.29) is 12.8 Å². The molecule has 1 unspecified atom stereocenters. The largest absolute Gasteiger partial charge is 0.486 e. The third-order valence-corrected chi connectivity index (χ3v) is 2.97. The van der Waals surface area contributed by atoms with Crippen molar-refractivity contribution in [1.29, 1.82) is 0 Å². The highest BCUT2D eigenvalue weighted by Gasteiger charge is 2.27. The molecule has 106 valence electrons. The lowest BCUT2D eigenvalue weighted by molar-refractivity contribution is -0.135. The number of fused-ring (bicyclic) bond motifs is 1. The minimum absolute atomic E-state index is 0.00912. The first-order valence-corrected chi connectivity index (χ1v) is 6.18. The molecule has 0 fully saturated rings. The third kappa shape index (κ3) is 3.76. The molecule has 0 aromatic heterocycles. The zero-order valence-corrected chi connectivity index (χ0v) is 10.4. The van der Waals surface area contributed by atoms with Gasteiger partial charge in [-0.2, -0.15) is 13.2 Å². The van der Waals surface area contributed by atoms with Crippen molar-refractivity contribution in [2.75, 3.05) is 13.2 Å². The summed E-state index contributed by atoms with van der Waals surface area (Å²) in [6.45, 7) is 0.902. The van der Waals surface area contributed by atoms with Crippen LogP contribution in [0.4, 0.5) is 13.2 Å². The van der Waals surface area contributed by atoms with E-state index >= 15 is 0 Å². The molecule has 1 heterocycles. The molecule has 6 heteroatoms. The lowest BCUT2D eigenvalue weighted by Gasteiger charge is -2.23. The van der Waals surface area contributed by atoms with E-state index in [9.17, 15) is 13.2 Å². The van der Waals surface area contributed by atoms with Gasteiger partial charge in [0.15, 0.2) is 11.5 Å². The highest BCUT2D eigenvalue weighted by molar-refractivity contribution is 5.48. The molecule has 2 N–H and O–H groups in total. The Morgan fingerprint density at radius 1 is 1.21 bits per heavy atom. The molecule has 0 spiro atoms. The van der Waals surface area contributed by atoms with Gasteiger partial charge in [0.2, 0.25) is 0 Å². The van der Waals surface area contributed by atoms with Crippen molar-refractivity contribution in [2.45, 2.75) is 31.5 Å². The number of ether oxygens (including phenoxy) is 2. The van der Waals surface area contributed by atoms with Crippen LogP contribution in [0.15, 0.2) is 18.2 Å². The zero-order chi connectivity index (χ0) is 13.9. The number of rotatable bonds is 4. The third-order valence-electron chi connectivity index (χ3n) is 2.97. The Kier molecular flexibility index (Phi) is 4.19.